The summed E-state index contributed by atoms with van der Waals surface area (Å²) in [4.78, 5) is 11.3. The molecule has 3 aromatic rings. The molecule has 3 aromatic carbocycles. The van der Waals surface area contributed by atoms with Gasteiger partial charge >= 0.3 is 5.97 Å². The molecule has 0 aromatic heterocycles. The minimum Gasteiger partial charge on any atom is -0.478 e. The van der Waals surface area contributed by atoms with E-state index in [4.69, 9.17) is 11.6 Å². The van der Waals surface area contributed by atoms with Gasteiger partial charge in [0.2, 0.25) is 19.9 Å². The Kier molecular flexibility index (Phi) is 8.75. The van der Waals surface area contributed by atoms with Crippen molar-refractivity contribution in [3.8, 4) is 0 Å². The molecule has 0 aliphatic rings. The molecule has 0 aliphatic carbocycles. The van der Waals surface area contributed by atoms with Crippen molar-refractivity contribution in [2.24, 2.45) is 0 Å². The third kappa shape index (κ3) is 7.28. The number of aliphatic hydroxyl groups is 1. The second kappa shape index (κ2) is 11.4. The van der Waals surface area contributed by atoms with Gasteiger partial charge in [-0.3, -0.25) is 4.72 Å². The third-order valence-corrected chi connectivity index (χ3v) is 7.82. The number of sulfonamides is 1. The maximum Gasteiger partial charge on any atom is 0.337 e. The van der Waals surface area contributed by atoms with Crippen molar-refractivity contribution in [1.29, 1.82) is 0 Å². The van der Waals surface area contributed by atoms with Gasteiger partial charge in [-0.15, -0.1) is 0 Å². The maximum absolute atomic E-state index is 13.0. The predicted octanol–water partition coefficient (Wildman–Crippen LogP) is 3.11. The fourth-order valence-electron chi connectivity index (χ4n) is 3.43. The molecule has 0 radical (unpaired) electrons. The summed E-state index contributed by atoms with van der Waals surface area (Å²) in [7, 11) is -7.80. The quantitative estimate of drug-likeness (QED) is 0.265. The van der Waals surface area contributed by atoms with E-state index in [-0.39, 0.29) is 15.5 Å². The minimum absolute atomic E-state index is 0.0317. The first-order chi connectivity index (χ1) is 16.9. The first-order valence-electron chi connectivity index (χ1n) is 10.7. The zero-order valence-corrected chi connectivity index (χ0v) is 21.6. The standard InChI is InChI=1S/C24H25ClN2O7S2/c1-35(31,32)27-22-10-9-20(14-21(22)24(29)30)36(33,34)19-7-5-16(6-8-19)11-12-26-15-23(28)17-3-2-4-18(25)13-17/h2-10,13-14,23,26-28H,11-12,15H2,1H3,(H,29,30)/t23-/m1/s1. The summed E-state index contributed by atoms with van der Waals surface area (Å²) in [5.41, 5.74) is 0.852. The van der Waals surface area contributed by atoms with E-state index in [0.717, 1.165) is 30.0 Å². The molecule has 3 rings (SSSR count). The zero-order valence-electron chi connectivity index (χ0n) is 19.2. The molecule has 0 fully saturated rings. The van der Waals surface area contributed by atoms with Gasteiger partial charge in [-0.1, -0.05) is 35.9 Å². The Bertz CT molecular complexity index is 1460. The number of benzene rings is 3. The number of anilines is 1. The molecular weight excluding hydrogens is 528 g/mol. The van der Waals surface area contributed by atoms with Crippen LogP contribution in [0, 0.1) is 0 Å². The number of sulfone groups is 1. The van der Waals surface area contributed by atoms with Crippen LogP contribution in [0.3, 0.4) is 0 Å². The van der Waals surface area contributed by atoms with Gasteiger partial charge in [0.15, 0.2) is 0 Å². The van der Waals surface area contributed by atoms with Crippen molar-refractivity contribution in [3.63, 3.8) is 0 Å². The van der Waals surface area contributed by atoms with Gasteiger partial charge in [0, 0.05) is 11.6 Å². The molecule has 36 heavy (non-hydrogen) atoms. The monoisotopic (exact) mass is 552 g/mol. The molecular formula is C24H25ClN2O7S2. The summed E-state index contributed by atoms with van der Waals surface area (Å²) < 4.78 is 51.1. The van der Waals surface area contributed by atoms with Crippen molar-refractivity contribution in [2.45, 2.75) is 22.3 Å². The lowest BCUT2D eigenvalue weighted by Gasteiger charge is -2.13. The van der Waals surface area contributed by atoms with E-state index in [1.54, 1.807) is 36.4 Å². The summed E-state index contributed by atoms with van der Waals surface area (Å²) >= 11 is 5.94. The lowest BCUT2D eigenvalue weighted by atomic mass is 10.1. The maximum atomic E-state index is 13.0. The van der Waals surface area contributed by atoms with Crippen LogP contribution in [0.15, 0.2) is 76.5 Å². The smallest absolute Gasteiger partial charge is 0.337 e. The molecule has 0 spiro atoms. The molecule has 0 unspecified atom stereocenters. The lowest BCUT2D eigenvalue weighted by molar-refractivity contribution is 0.0697. The number of carboxylic acids is 1. The predicted molar refractivity (Wildman–Crippen MR) is 137 cm³/mol. The highest BCUT2D eigenvalue weighted by atomic mass is 35.5. The number of halogens is 1. The number of hydrogen-bond acceptors (Lipinski definition) is 7. The van der Waals surface area contributed by atoms with E-state index in [1.807, 2.05) is 0 Å². The number of carbonyl (C=O) groups is 1. The van der Waals surface area contributed by atoms with Crippen molar-refractivity contribution < 1.29 is 31.8 Å². The highest BCUT2D eigenvalue weighted by molar-refractivity contribution is 7.92. The van der Waals surface area contributed by atoms with Crippen molar-refractivity contribution in [1.82, 2.24) is 5.32 Å². The fourth-order valence-corrected chi connectivity index (χ4v) is 5.49. The van der Waals surface area contributed by atoms with Crippen LogP contribution in [0.25, 0.3) is 0 Å². The van der Waals surface area contributed by atoms with E-state index >= 15 is 0 Å². The molecule has 0 bridgehead atoms. The van der Waals surface area contributed by atoms with Gasteiger partial charge in [0.25, 0.3) is 0 Å². The number of nitrogens with one attached hydrogen (secondary N) is 2. The van der Waals surface area contributed by atoms with Gasteiger partial charge < -0.3 is 15.5 Å². The van der Waals surface area contributed by atoms with Crippen molar-refractivity contribution >= 4 is 43.1 Å². The molecule has 0 heterocycles. The molecule has 0 saturated heterocycles. The molecule has 0 aliphatic heterocycles. The van der Waals surface area contributed by atoms with Crippen LogP contribution in [0.1, 0.15) is 27.6 Å². The van der Waals surface area contributed by atoms with Gasteiger partial charge in [0.1, 0.15) is 0 Å². The summed E-state index contributed by atoms with van der Waals surface area (Å²) in [5.74, 6) is -1.47. The van der Waals surface area contributed by atoms with E-state index in [9.17, 15) is 31.8 Å². The van der Waals surface area contributed by atoms with Crippen molar-refractivity contribution in [2.75, 3.05) is 24.1 Å². The fraction of sp³-hybridized carbons (Fsp3) is 0.208. The van der Waals surface area contributed by atoms with E-state index < -0.39 is 37.5 Å². The molecule has 192 valence electrons. The Balaban J connectivity index is 1.66. The Morgan fingerprint density at radius 2 is 1.64 bits per heavy atom. The van der Waals surface area contributed by atoms with E-state index in [2.05, 4.69) is 10.0 Å². The molecule has 12 heteroatoms. The molecule has 0 amide bonds. The van der Waals surface area contributed by atoms with Crippen LogP contribution in [0.4, 0.5) is 5.69 Å². The van der Waals surface area contributed by atoms with E-state index in [0.29, 0.717) is 30.1 Å². The summed E-state index contributed by atoms with van der Waals surface area (Å²) in [6.07, 6.45) is 0.727. The first-order valence-corrected chi connectivity index (χ1v) is 14.5. The summed E-state index contributed by atoms with van der Waals surface area (Å²) in [6, 6.07) is 16.3. The van der Waals surface area contributed by atoms with Crippen LogP contribution in [0.5, 0.6) is 0 Å². The summed E-state index contributed by atoms with van der Waals surface area (Å²) in [6.45, 7) is 0.864. The third-order valence-electron chi connectivity index (χ3n) is 5.22. The van der Waals surface area contributed by atoms with Crippen LogP contribution in [0.2, 0.25) is 5.02 Å². The van der Waals surface area contributed by atoms with Gasteiger partial charge in [-0.25, -0.2) is 21.6 Å². The summed E-state index contributed by atoms with van der Waals surface area (Å²) in [5, 5.41) is 23.3. The highest BCUT2D eigenvalue weighted by Gasteiger charge is 2.22. The Labute approximate surface area is 214 Å². The minimum atomic E-state index is -4.04. The normalized spacial score (nSPS) is 12.8. The molecule has 0 saturated carbocycles. The van der Waals surface area contributed by atoms with Crippen LogP contribution >= 0.6 is 11.6 Å². The number of hydrogen-bond donors (Lipinski definition) is 4. The van der Waals surface area contributed by atoms with Crippen LogP contribution < -0.4 is 10.0 Å². The Morgan fingerprint density at radius 3 is 2.25 bits per heavy atom. The first kappa shape index (κ1) is 27.6. The topological polar surface area (TPSA) is 150 Å². The van der Waals surface area contributed by atoms with Crippen LogP contribution in [-0.2, 0) is 26.3 Å². The van der Waals surface area contributed by atoms with Gasteiger partial charge in [0.05, 0.1) is 33.4 Å². The zero-order chi connectivity index (χ0) is 26.5. The van der Waals surface area contributed by atoms with Gasteiger partial charge in [-0.05, 0) is 66.6 Å². The average Bonchev–Trinajstić information content (AvgIpc) is 2.81. The second-order valence-corrected chi connectivity index (χ2v) is 12.2. The molecule has 4 N–H and O–H groups in total. The van der Waals surface area contributed by atoms with E-state index in [1.165, 1.54) is 12.1 Å². The van der Waals surface area contributed by atoms with Crippen LogP contribution in [-0.4, -0.2) is 52.4 Å². The average molecular weight is 553 g/mol. The Morgan fingerprint density at radius 1 is 0.972 bits per heavy atom. The number of aromatic carboxylic acids is 1. The van der Waals surface area contributed by atoms with Gasteiger partial charge in [-0.2, -0.15) is 0 Å². The largest absolute Gasteiger partial charge is 0.478 e. The highest BCUT2D eigenvalue weighted by Crippen LogP contribution is 2.26. The lowest BCUT2D eigenvalue weighted by Crippen LogP contribution is -2.23. The second-order valence-electron chi connectivity index (χ2n) is 8.06. The number of aliphatic hydroxyl groups excluding tert-OH is 1. The number of rotatable bonds is 11. The molecule has 9 nitrogen and oxygen atoms in total. The number of carboxylic acid groups (broad SMARTS) is 1. The molecule has 1 atom stereocenters. The Hall–Kier alpha value is -2.96. The van der Waals surface area contributed by atoms with Crippen molar-refractivity contribution in [3.05, 3.63) is 88.4 Å². The SMILES string of the molecule is CS(=O)(=O)Nc1ccc(S(=O)(=O)c2ccc(CCNC[C@@H](O)c3cccc(Cl)c3)cc2)cc1C(=O)O.